The molecule has 1 N–H and O–H groups in total. The number of rotatable bonds is 4. The fourth-order valence-electron chi connectivity index (χ4n) is 4.62. The number of morpholine rings is 1. The summed E-state index contributed by atoms with van der Waals surface area (Å²) >= 11 is 0. The summed E-state index contributed by atoms with van der Waals surface area (Å²) in [6.45, 7) is 3.15. The van der Waals surface area contributed by atoms with Crippen molar-refractivity contribution < 1.29 is 22.3 Å². The van der Waals surface area contributed by atoms with Gasteiger partial charge in [0.2, 0.25) is 0 Å². The van der Waals surface area contributed by atoms with E-state index in [-0.39, 0.29) is 11.7 Å². The van der Waals surface area contributed by atoms with Crippen molar-refractivity contribution in [1.29, 1.82) is 0 Å². The van der Waals surface area contributed by atoms with Crippen molar-refractivity contribution in [2.24, 2.45) is 0 Å². The number of anilines is 2. The number of hydrogen-bond acceptors (Lipinski definition) is 5. The van der Waals surface area contributed by atoms with Crippen LogP contribution in [0.25, 0.3) is 10.9 Å². The summed E-state index contributed by atoms with van der Waals surface area (Å²) in [6, 6.07) is 8.80. The number of nitrogens with zero attached hydrogens (tertiary/aromatic N) is 3. The fourth-order valence-corrected chi connectivity index (χ4v) is 4.62. The second-order valence-electron chi connectivity index (χ2n) is 8.37. The quantitative estimate of drug-likeness (QED) is 0.549. The van der Waals surface area contributed by atoms with Gasteiger partial charge in [-0.05, 0) is 44.0 Å². The highest BCUT2D eigenvalue weighted by molar-refractivity contribution is 5.93. The van der Waals surface area contributed by atoms with Gasteiger partial charge in [0.15, 0.2) is 0 Å². The average molecular weight is 446 g/mol. The Morgan fingerprint density at radius 1 is 1.19 bits per heavy atom. The molecule has 1 aromatic heterocycles. The number of halogens is 4. The second-order valence-corrected chi connectivity index (χ2v) is 8.37. The predicted molar refractivity (Wildman–Crippen MR) is 113 cm³/mol. The van der Waals surface area contributed by atoms with E-state index in [0.717, 1.165) is 36.5 Å². The molecule has 3 fully saturated rings. The molecule has 168 valence electrons. The fraction of sp³-hybridized carbons (Fsp3) is 0.391. The van der Waals surface area contributed by atoms with E-state index in [1.165, 1.54) is 18.3 Å². The number of fused-ring (bicyclic) bond motifs is 4. The molecule has 2 bridgehead atoms. The molecular formula is C23H22F4N4O. The van der Waals surface area contributed by atoms with Crippen molar-refractivity contribution in [3.63, 3.8) is 0 Å². The number of benzene rings is 2. The Labute approximate surface area is 182 Å². The molecule has 9 heteroatoms. The Balaban J connectivity index is 1.47. The molecule has 0 saturated carbocycles. The SMILES string of the molecule is C[C@@H](Nc1cnnc2ccc(N3CC4CCC3CO4)cc12)c1cccc(C(F)(F)F)c1F. The first-order chi connectivity index (χ1) is 15.3. The summed E-state index contributed by atoms with van der Waals surface area (Å²) in [5, 5.41) is 12.1. The molecule has 32 heavy (non-hydrogen) atoms. The van der Waals surface area contributed by atoms with Crippen molar-refractivity contribution >= 4 is 22.3 Å². The third-order valence-corrected chi connectivity index (χ3v) is 6.31. The molecule has 3 aliphatic rings. The molecule has 6 rings (SSSR count). The zero-order valence-corrected chi connectivity index (χ0v) is 17.4. The van der Waals surface area contributed by atoms with Crippen LogP contribution in [0.1, 0.15) is 36.9 Å². The van der Waals surface area contributed by atoms with Crippen LogP contribution in [0.4, 0.5) is 28.9 Å². The summed E-state index contributed by atoms with van der Waals surface area (Å²) in [5.41, 5.74) is 0.926. The average Bonchev–Trinajstić information content (AvgIpc) is 2.79. The van der Waals surface area contributed by atoms with Crippen LogP contribution in [-0.4, -0.2) is 35.5 Å². The van der Waals surface area contributed by atoms with Gasteiger partial charge in [0.05, 0.1) is 47.8 Å². The van der Waals surface area contributed by atoms with Crippen molar-refractivity contribution in [2.75, 3.05) is 23.4 Å². The maximum Gasteiger partial charge on any atom is 0.419 e. The van der Waals surface area contributed by atoms with E-state index < -0.39 is 23.6 Å². The molecule has 2 unspecified atom stereocenters. The Kier molecular flexibility index (Phi) is 5.16. The highest BCUT2D eigenvalue weighted by Crippen LogP contribution is 2.36. The highest BCUT2D eigenvalue weighted by Gasteiger charge is 2.36. The number of nitrogens with one attached hydrogen (secondary N) is 1. The lowest BCUT2D eigenvalue weighted by molar-refractivity contribution is -0.140. The molecule has 0 amide bonds. The monoisotopic (exact) mass is 446 g/mol. The molecule has 5 nitrogen and oxygen atoms in total. The molecular weight excluding hydrogens is 424 g/mol. The zero-order valence-electron chi connectivity index (χ0n) is 17.4. The topological polar surface area (TPSA) is 50.3 Å². The first-order valence-corrected chi connectivity index (χ1v) is 10.6. The van der Waals surface area contributed by atoms with Crippen LogP contribution in [0.3, 0.4) is 0 Å². The Morgan fingerprint density at radius 2 is 2.03 bits per heavy atom. The summed E-state index contributed by atoms with van der Waals surface area (Å²) in [4.78, 5) is 2.33. The van der Waals surface area contributed by atoms with Gasteiger partial charge < -0.3 is 15.0 Å². The van der Waals surface area contributed by atoms with Gasteiger partial charge in [-0.1, -0.05) is 12.1 Å². The minimum absolute atomic E-state index is 0.0635. The number of hydrogen-bond donors (Lipinski definition) is 1. The third-order valence-electron chi connectivity index (χ3n) is 6.31. The van der Waals surface area contributed by atoms with Crippen molar-refractivity contribution in [1.82, 2.24) is 10.2 Å². The minimum Gasteiger partial charge on any atom is -0.377 e. The Hall–Kier alpha value is -2.94. The van der Waals surface area contributed by atoms with Crippen molar-refractivity contribution in [2.45, 2.75) is 44.1 Å². The Morgan fingerprint density at radius 3 is 2.72 bits per heavy atom. The van der Waals surface area contributed by atoms with Gasteiger partial charge in [0.25, 0.3) is 0 Å². The predicted octanol–water partition coefficient (Wildman–Crippen LogP) is 5.33. The van der Waals surface area contributed by atoms with Crippen LogP contribution in [0.15, 0.2) is 42.6 Å². The normalized spacial score (nSPS) is 21.7. The van der Waals surface area contributed by atoms with E-state index in [0.29, 0.717) is 23.9 Å². The van der Waals surface area contributed by atoms with E-state index in [4.69, 9.17) is 4.74 Å². The smallest absolute Gasteiger partial charge is 0.377 e. The van der Waals surface area contributed by atoms with Gasteiger partial charge >= 0.3 is 6.18 Å². The highest BCUT2D eigenvalue weighted by atomic mass is 19.4. The zero-order chi connectivity index (χ0) is 22.5. The lowest BCUT2D eigenvalue weighted by atomic mass is 9.96. The third kappa shape index (κ3) is 3.74. The molecule has 4 heterocycles. The summed E-state index contributed by atoms with van der Waals surface area (Å²) in [6.07, 6.45) is -0.870. The molecule has 3 aliphatic heterocycles. The molecule has 3 aromatic rings. The van der Waals surface area contributed by atoms with Gasteiger partial charge in [-0.2, -0.15) is 23.4 Å². The second kappa shape index (κ2) is 7.88. The van der Waals surface area contributed by atoms with Gasteiger partial charge in [0.1, 0.15) is 5.82 Å². The molecule has 3 saturated heterocycles. The molecule has 0 radical (unpaired) electrons. The number of piperidine rings is 1. The number of ether oxygens (including phenoxy) is 1. The molecule has 3 atom stereocenters. The van der Waals surface area contributed by atoms with Gasteiger partial charge in [-0.15, -0.1) is 0 Å². The summed E-state index contributed by atoms with van der Waals surface area (Å²) in [5.74, 6) is -1.27. The van der Waals surface area contributed by atoms with E-state index >= 15 is 0 Å². The van der Waals surface area contributed by atoms with Crippen LogP contribution in [0, 0.1) is 5.82 Å². The van der Waals surface area contributed by atoms with Gasteiger partial charge in [-0.25, -0.2) is 4.39 Å². The maximum absolute atomic E-state index is 14.6. The Bertz CT molecular complexity index is 1140. The van der Waals surface area contributed by atoms with Gasteiger partial charge in [0, 0.05) is 23.2 Å². The number of alkyl halides is 3. The standard InChI is InChI=1S/C23H22F4N4O/c1-13(17-3-2-4-19(22(17)24)23(25,26)27)29-21-10-28-30-20-8-6-14(9-18(20)21)31-11-16-7-5-15(31)12-32-16/h2-4,6,8-10,13,15-16H,5,7,11-12H2,1H3,(H,29,30)/t13-,15?,16?/m1/s1. The van der Waals surface area contributed by atoms with E-state index in [1.54, 1.807) is 6.92 Å². The van der Waals surface area contributed by atoms with Crippen molar-refractivity contribution in [3.8, 4) is 0 Å². The van der Waals surface area contributed by atoms with Gasteiger partial charge in [-0.3, -0.25) is 0 Å². The largest absolute Gasteiger partial charge is 0.419 e. The molecule has 0 aliphatic carbocycles. The summed E-state index contributed by atoms with van der Waals surface area (Å²) < 4.78 is 59.8. The molecule has 2 aromatic carbocycles. The first-order valence-electron chi connectivity index (χ1n) is 10.6. The van der Waals surface area contributed by atoms with Crippen LogP contribution in [0.5, 0.6) is 0 Å². The number of aromatic nitrogens is 2. The van der Waals surface area contributed by atoms with E-state index in [1.807, 2.05) is 18.2 Å². The minimum atomic E-state index is -4.75. The van der Waals surface area contributed by atoms with Crippen LogP contribution in [0.2, 0.25) is 0 Å². The lowest BCUT2D eigenvalue weighted by Crippen LogP contribution is -2.54. The first kappa shape index (κ1) is 20.9. The lowest BCUT2D eigenvalue weighted by Gasteiger charge is -2.46. The van der Waals surface area contributed by atoms with Crippen molar-refractivity contribution in [3.05, 3.63) is 59.5 Å². The van der Waals surface area contributed by atoms with Crippen LogP contribution < -0.4 is 10.2 Å². The summed E-state index contributed by atoms with van der Waals surface area (Å²) in [7, 11) is 0. The molecule has 0 spiro atoms. The van der Waals surface area contributed by atoms with Crippen LogP contribution in [-0.2, 0) is 10.9 Å². The van der Waals surface area contributed by atoms with Crippen LogP contribution >= 0.6 is 0 Å². The van der Waals surface area contributed by atoms with E-state index in [9.17, 15) is 17.6 Å². The van der Waals surface area contributed by atoms with E-state index in [2.05, 4.69) is 20.4 Å². The maximum atomic E-state index is 14.6.